The lowest BCUT2D eigenvalue weighted by Crippen LogP contribution is -2.41. The maximum Gasteiger partial charge on any atom is 0.326 e. The summed E-state index contributed by atoms with van der Waals surface area (Å²) in [6.45, 7) is 7.53. The Morgan fingerprint density at radius 1 is 1.50 bits per heavy atom. The van der Waals surface area contributed by atoms with E-state index in [-0.39, 0.29) is 24.4 Å². The van der Waals surface area contributed by atoms with Gasteiger partial charge >= 0.3 is 5.97 Å². The van der Waals surface area contributed by atoms with E-state index in [0.717, 1.165) is 0 Å². The number of carbonyl (C=O) groups is 2. The molecule has 7 nitrogen and oxygen atoms in total. The molecule has 0 aliphatic heterocycles. The van der Waals surface area contributed by atoms with E-state index in [1.165, 1.54) is 6.07 Å². The molecule has 0 fully saturated rings. The number of aromatic nitrogens is 1. The van der Waals surface area contributed by atoms with Crippen molar-refractivity contribution in [3.63, 3.8) is 0 Å². The molecule has 20 heavy (non-hydrogen) atoms. The number of aliphatic carboxylic acids is 1. The number of carbonyl (C=O) groups excluding carboxylic acids is 1. The fourth-order valence-corrected chi connectivity index (χ4v) is 1.44. The van der Waals surface area contributed by atoms with Gasteiger partial charge in [-0.25, -0.2) is 4.79 Å². The predicted octanol–water partition coefficient (Wildman–Crippen LogP) is 1.37. The van der Waals surface area contributed by atoms with E-state index in [1.54, 1.807) is 6.92 Å². The Hall–Kier alpha value is -1.89. The Morgan fingerprint density at radius 3 is 2.60 bits per heavy atom. The summed E-state index contributed by atoms with van der Waals surface area (Å²) in [5.74, 6) is -1.73. The van der Waals surface area contributed by atoms with Crippen LogP contribution in [-0.2, 0) is 9.53 Å². The summed E-state index contributed by atoms with van der Waals surface area (Å²) in [6.07, 6.45) is 0.172. The smallest absolute Gasteiger partial charge is 0.326 e. The van der Waals surface area contributed by atoms with Gasteiger partial charge in [-0.05, 0) is 27.7 Å². The van der Waals surface area contributed by atoms with E-state index in [0.29, 0.717) is 5.69 Å². The fraction of sp³-hybridized carbons (Fsp3) is 0.615. The minimum atomic E-state index is -1.12. The van der Waals surface area contributed by atoms with E-state index >= 15 is 0 Å². The summed E-state index contributed by atoms with van der Waals surface area (Å²) in [6, 6.07) is 0.412. The molecule has 1 unspecified atom stereocenters. The molecule has 0 bridgehead atoms. The van der Waals surface area contributed by atoms with Gasteiger partial charge in [-0.15, -0.1) is 0 Å². The van der Waals surface area contributed by atoms with Crippen LogP contribution in [0.15, 0.2) is 10.6 Å². The molecule has 1 rings (SSSR count). The lowest BCUT2D eigenvalue weighted by Gasteiger charge is -2.21. The molecular formula is C13H20N2O5. The maximum absolute atomic E-state index is 11.8. The van der Waals surface area contributed by atoms with Crippen LogP contribution in [0.2, 0.25) is 0 Å². The van der Waals surface area contributed by atoms with Crippen LogP contribution >= 0.6 is 0 Å². The topological polar surface area (TPSA) is 102 Å². The van der Waals surface area contributed by atoms with E-state index < -0.39 is 17.9 Å². The summed E-state index contributed by atoms with van der Waals surface area (Å²) in [5, 5.41) is 15.0. The molecule has 1 amide bonds. The van der Waals surface area contributed by atoms with Crippen molar-refractivity contribution in [3.05, 3.63) is 17.5 Å². The number of carboxylic acids is 1. The van der Waals surface area contributed by atoms with Crippen molar-refractivity contribution in [2.75, 3.05) is 6.61 Å². The molecule has 0 aliphatic rings. The van der Waals surface area contributed by atoms with E-state index in [4.69, 9.17) is 14.4 Å². The molecule has 1 heterocycles. The number of hydrogen-bond donors (Lipinski definition) is 2. The minimum absolute atomic E-state index is 0.00881. The fourth-order valence-electron chi connectivity index (χ4n) is 1.44. The minimum Gasteiger partial charge on any atom is -0.480 e. The van der Waals surface area contributed by atoms with Gasteiger partial charge in [0.05, 0.1) is 11.3 Å². The summed E-state index contributed by atoms with van der Waals surface area (Å²) >= 11 is 0. The quantitative estimate of drug-likeness (QED) is 0.818. The predicted molar refractivity (Wildman–Crippen MR) is 70.5 cm³/mol. The Kier molecular flexibility index (Phi) is 5.26. The van der Waals surface area contributed by atoms with Crippen LogP contribution in [0.25, 0.3) is 0 Å². The molecule has 1 aromatic heterocycles. The molecule has 2 N–H and O–H groups in total. The van der Waals surface area contributed by atoms with Gasteiger partial charge in [0, 0.05) is 19.1 Å². The number of carboxylic acid groups (broad SMARTS) is 1. The van der Waals surface area contributed by atoms with E-state index in [9.17, 15) is 9.59 Å². The van der Waals surface area contributed by atoms with Crippen molar-refractivity contribution in [3.8, 4) is 0 Å². The Bertz CT molecular complexity index is 475. The standard InChI is InChI=1S/C13H20N2O5/c1-8-7-10(20-15-8)11(16)14-9(12(17)18)5-6-19-13(2,3)4/h7,9H,5-6H2,1-4H3,(H,14,16)(H,17,18). The third kappa shape index (κ3) is 5.40. The van der Waals surface area contributed by atoms with Crippen LogP contribution in [0.3, 0.4) is 0 Å². The van der Waals surface area contributed by atoms with Gasteiger partial charge in [0.1, 0.15) is 6.04 Å². The van der Waals surface area contributed by atoms with Gasteiger partial charge in [0.15, 0.2) is 0 Å². The van der Waals surface area contributed by atoms with Gasteiger partial charge in [0.2, 0.25) is 5.76 Å². The molecule has 0 aromatic carbocycles. The maximum atomic E-state index is 11.8. The number of rotatable bonds is 6. The highest BCUT2D eigenvalue weighted by Gasteiger charge is 2.23. The summed E-state index contributed by atoms with van der Waals surface area (Å²) < 4.78 is 10.2. The lowest BCUT2D eigenvalue weighted by molar-refractivity contribution is -0.140. The molecule has 0 radical (unpaired) electrons. The summed E-state index contributed by atoms with van der Waals surface area (Å²) in [4.78, 5) is 22.9. The number of ether oxygens (including phenoxy) is 1. The molecule has 0 aliphatic carbocycles. The number of amides is 1. The second-order valence-corrected chi connectivity index (χ2v) is 5.45. The van der Waals surface area contributed by atoms with Crippen LogP contribution in [0, 0.1) is 6.92 Å². The molecule has 1 aromatic rings. The van der Waals surface area contributed by atoms with Crippen LogP contribution < -0.4 is 5.32 Å². The van der Waals surface area contributed by atoms with Gasteiger partial charge in [-0.3, -0.25) is 4.79 Å². The summed E-state index contributed by atoms with van der Waals surface area (Å²) in [7, 11) is 0. The first-order valence-electron chi connectivity index (χ1n) is 6.30. The normalized spacial score (nSPS) is 13.0. The van der Waals surface area contributed by atoms with Crippen LogP contribution in [-0.4, -0.2) is 40.4 Å². The average Bonchev–Trinajstić information content (AvgIpc) is 2.72. The van der Waals surface area contributed by atoms with Crippen molar-refractivity contribution in [2.45, 2.75) is 45.8 Å². The Morgan fingerprint density at radius 2 is 2.15 bits per heavy atom. The van der Waals surface area contributed by atoms with Crippen molar-refractivity contribution in [1.29, 1.82) is 0 Å². The second kappa shape index (κ2) is 6.51. The monoisotopic (exact) mass is 284 g/mol. The molecular weight excluding hydrogens is 264 g/mol. The second-order valence-electron chi connectivity index (χ2n) is 5.45. The first kappa shape index (κ1) is 16.2. The van der Waals surface area contributed by atoms with Gasteiger partial charge in [0.25, 0.3) is 5.91 Å². The first-order chi connectivity index (χ1) is 9.19. The van der Waals surface area contributed by atoms with Gasteiger partial charge in [-0.1, -0.05) is 5.16 Å². The van der Waals surface area contributed by atoms with Crippen molar-refractivity contribution in [1.82, 2.24) is 10.5 Å². The number of nitrogens with one attached hydrogen (secondary N) is 1. The van der Waals surface area contributed by atoms with Gasteiger partial charge in [-0.2, -0.15) is 0 Å². The van der Waals surface area contributed by atoms with Crippen LogP contribution in [0.1, 0.15) is 43.4 Å². The molecule has 0 saturated carbocycles. The van der Waals surface area contributed by atoms with Gasteiger partial charge < -0.3 is 19.7 Å². The molecule has 1 atom stereocenters. The molecule has 0 saturated heterocycles. The van der Waals surface area contributed by atoms with Crippen LogP contribution in [0.5, 0.6) is 0 Å². The third-order valence-electron chi connectivity index (χ3n) is 2.40. The largest absolute Gasteiger partial charge is 0.480 e. The van der Waals surface area contributed by atoms with Crippen molar-refractivity contribution in [2.24, 2.45) is 0 Å². The molecule has 0 spiro atoms. The SMILES string of the molecule is Cc1cc(C(=O)NC(CCOC(C)(C)C)C(=O)O)on1. The molecule has 112 valence electrons. The Balaban J connectivity index is 2.55. The zero-order valence-electron chi connectivity index (χ0n) is 12.1. The third-order valence-corrected chi connectivity index (χ3v) is 2.40. The van der Waals surface area contributed by atoms with E-state index in [2.05, 4.69) is 10.5 Å². The Labute approximate surface area is 117 Å². The zero-order chi connectivity index (χ0) is 15.3. The average molecular weight is 284 g/mol. The number of aryl methyl sites for hydroxylation is 1. The number of hydrogen-bond acceptors (Lipinski definition) is 5. The lowest BCUT2D eigenvalue weighted by atomic mass is 10.1. The summed E-state index contributed by atoms with van der Waals surface area (Å²) in [5.41, 5.74) is 0.202. The van der Waals surface area contributed by atoms with Crippen LogP contribution in [0.4, 0.5) is 0 Å². The zero-order valence-corrected chi connectivity index (χ0v) is 12.1. The number of nitrogens with zero attached hydrogens (tertiary/aromatic N) is 1. The highest BCUT2D eigenvalue weighted by atomic mass is 16.5. The first-order valence-corrected chi connectivity index (χ1v) is 6.30. The highest BCUT2D eigenvalue weighted by molar-refractivity contribution is 5.94. The van der Waals surface area contributed by atoms with Crippen molar-refractivity contribution < 1.29 is 24.0 Å². The highest BCUT2D eigenvalue weighted by Crippen LogP contribution is 2.09. The van der Waals surface area contributed by atoms with Crippen molar-refractivity contribution >= 4 is 11.9 Å². The molecule has 7 heteroatoms. The van der Waals surface area contributed by atoms with E-state index in [1.807, 2.05) is 20.8 Å².